The molecule has 7 heteroatoms. The van der Waals surface area contributed by atoms with Crippen LogP contribution < -0.4 is 15.4 Å². The maximum Gasteiger partial charge on any atom is 0.255 e. The molecule has 1 aromatic rings. The number of amides is 1. The van der Waals surface area contributed by atoms with E-state index in [2.05, 4.69) is 10.6 Å². The van der Waals surface area contributed by atoms with Gasteiger partial charge in [0.05, 0.1) is 19.3 Å². The average molecular weight is 363 g/mol. The number of ether oxygens (including phenoxy) is 2. The van der Waals surface area contributed by atoms with Gasteiger partial charge in [0.2, 0.25) is 0 Å². The fraction of sp³-hybridized carbons (Fsp3) is 0.562. The van der Waals surface area contributed by atoms with Crippen LogP contribution in [0.2, 0.25) is 5.02 Å². The number of methoxy groups -OCH3 is 2. The summed E-state index contributed by atoms with van der Waals surface area (Å²) in [6, 6.07) is 5.03. The molecule has 0 radical (unpaired) electrons. The van der Waals surface area contributed by atoms with E-state index in [1.807, 2.05) is 0 Å². The molecular formula is C16H24Cl2N2O3. The monoisotopic (exact) mass is 362 g/mol. The Balaban J connectivity index is 0.00000264. The predicted molar refractivity (Wildman–Crippen MR) is 94.0 cm³/mol. The third kappa shape index (κ3) is 5.24. The molecule has 1 fully saturated rings. The molecule has 1 heterocycles. The van der Waals surface area contributed by atoms with Gasteiger partial charge in [-0.1, -0.05) is 11.6 Å². The minimum atomic E-state index is -0.173. The van der Waals surface area contributed by atoms with Gasteiger partial charge >= 0.3 is 0 Å². The van der Waals surface area contributed by atoms with Crippen molar-refractivity contribution in [3.8, 4) is 5.75 Å². The van der Waals surface area contributed by atoms with Crippen LogP contribution in [0.4, 0.5) is 0 Å². The second-order valence-electron chi connectivity index (χ2n) is 5.71. The van der Waals surface area contributed by atoms with E-state index in [1.165, 1.54) is 0 Å². The fourth-order valence-corrected chi connectivity index (χ4v) is 3.03. The summed E-state index contributed by atoms with van der Waals surface area (Å²) < 4.78 is 10.6. The van der Waals surface area contributed by atoms with Crippen molar-refractivity contribution in [3.63, 3.8) is 0 Å². The summed E-state index contributed by atoms with van der Waals surface area (Å²) in [4.78, 5) is 12.5. The van der Waals surface area contributed by atoms with Gasteiger partial charge in [-0.05, 0) is 44.1 Å². The van der Waals surface area contributed by atoms with Crippen molar-refractivity contribution in [1.29, 1.82) is 0 Å². The molecule has 0 atom stereocenters. The summed E-state index contributed by atoms with van der Waals surface area (Å²) in [7, 11) is 3.24. The zero-order valence-corrected chi connectivity index (χ0v) is 15.1. The van der Waals surface area contributed by atoms with Gasteiger partial charge in [-0.15, -0.1) is 12.4 Å². The molecule has 1 aromatic carbocycles. The number of rotatable bonds is 6. The number of carbonyl (C=O) groups excluding carboxylic acids is 1. The molecule has 1 aliphatic rings. The van der Waals surface area contributed by atoms with Crippen LogP contribution in [-0.2, 0) is 4.74 Å². The number of hydrogen-bond acceptors (Lipinski definition) is 4. The Morgan fingerprint density at radius 2 is 2.04 bits per heavy atom. The van der Waals surface area contributed by atoms with Crippen molar-refractivity contribution >= 4 is 29.9 Å². The molecule has 1 aliphatic heterocycles. The van der Waals surface area contributed by atoms with Crippen LogP contribution in [-0.4, -0.2) is 46.4 Å². The second kappa shape index (κ2) is 9.33. The normalized spacial score (nSPS) is 16.3. The Kier molecular flexibility index (Phi) is 8.12. The Bertz CT molecular complexity index is 515. The van der Waals surface area contributed by atoms with Gasteiger partial charge in [0.25, 0.3) is 5.91 Å². The molecule has 1 amide bonds. The topological polar surface area (TPSA) is 59.6 Å². The van der Waals surface area contributed by atoms with Crippen molar-refractivity contribution in [2.75, 3.05) is 40.5 Å². The SMILES string of the molecule is COCC1(CNC(=O)c2cc(Cl)ccc2OC)CCNCC1.Cl. The lowest BCUT2D eigenvalue weighted by atomic mass is 9.79. The molecule has 0 spiro atoms. The van der Waals surface area contributed by atoms with Gasteiger partial charge in [-0.25, -0.2) is 0 Å². The first kappa shape index (κ1) is 20.0. The number of piperidine rings is 1. The lowest BCUT2D eigenvalue weighted by Crippen LogP contribution is -2.47. The van der Waals surface area contributed by atoms with Crippen molar-refractivity contribution in [1.82, 2.24) is 10.6 Å². The smallest absolute Gasteiger partial charge is 0.255 e. The van der Waals surface area contributed by atoms with Gasteiger partial charge in [-0.2, -0.15) is 0 Å². The van der Waals surface area contributed by atoms with Crippen LogP contribution in [0.1, 0.15) is 23.2 Å². The number of halogens is 2. The average Bonchev–Trinajstić information content (AvgIpc) is 2.54. The molecule has 0 aromatic heterocycles. The summed E-state index contributed by atoms with van der Waals surface area (Å²) in [6.45, 7) is 3.11. The molecule has 23 heavy (non-hydrogen) atoms. The molecule has 2 N–H and O–H groups in total. The van der Waals surface area contributed by atoms with Crippen LogP contribution in [0.25, 0.3) is 0 Å². The van der Waals surface area contributed by atoms with E-state index >= 15 is 0 Å². The molecule has 5 nitrogen and oxygen atoms in total. The lowest BCUT2D eigenvalue weighted by Gasteiger charge is -2.37. The highest BCUT2D eigenvalue weighted by molar-refractivity contribution is 6.31. The first-order chi connectivity index (χ1) is 10.6. The first-order valence-corrected chi connectivity index (χ1v) is 7.79. The summed E-state index contributed by atoms with van der Waals surface area (Å²) in [5.41, 5.74) is 0.443. The highest BCUT2D eigenvalue weighted by atomic mass is 35.5. The van der Waals surface area contributed by atoms with E-state index in [9.17, 15) is 4.79 Å². The lowest BCUT2D eigenvalue weighted by molar-refractivity contribution is 0.0511. The number of hydrogen-bond donors (Lipinski definition) is 2. The maximum atomic E-state index is 12.5. The summed E-state index contributed by atoms with van der Waals surface area (Å²) in [5.74, 6) is 0.348. The largest absolute Gasteiger partial charge is 0.496 e. The van der Waals surface area contributed by atoms with Crippen molar-refractivity contribution in [2.45, 2.75) is 12.8 Å². The van der Waals surface area contributed by atoms with Crippen molar-refractivity contribution < 1.29 is 14.3 Å². The Labute approximate surface area is 148 Å². The van der Waals surface area contributed by atoms with Crippen molar-refractivity contribution in [3.05, 3.63) is 28.8 Å². The van der Waals surface area contributed by atoms with Crippen LogP contribution in [0.15, 0.2) is 18.2 Å². The fourth-order valence-electron chi connectivity index (χ4n) is 2.86. The molecule has 2 rings (SSSR count). The van der Waals surface area contributed by atoms with E-state index in [4.69, 9.17) is 21.1 Å². The summed E-state index contributed by atoms with van der Waals surface area (Å²) in [5, 5.41) is 6.86. The third-order valence-electron chi connectivity index (χ3n) is 4.14. The van der Waals surface area contributed by atoms with Gasteiger partial charge < -0.3 is 20.1 Å². The van der Waals surface area contributed by atoms with Crippen LogP contribution >= 0.6 is 24.0 Å². The number of benzene rings is 1. The highest BCUT2D eigenvalue weighted by Crippen LogP contribution is 2.29. The molecule has 0 saturated carbocycles. The van der Waals surface area contributed by atoms with E-state index in [1.54, 1.807) is 32.4 Å². The predicted octanol–water partition coefficient (Wildman–Crippen LogP) is 2.52. The minimum Gasteiger partial charge on any atom is -0.496 e. The summed E-state index contributed by atoms with van der Waals surface area (Å²) >= 11 is 5.98. The van der Waals surface area contributed by atoms with E-state index < -0.39 is 0 Å². The minimum absolute atomic E-state index is 0. The molecule has 0 aliphatic carbocycles. The van der Waals surface area contributed by atoms with E-state index in [0.29, 0.717) is 29.5 Å². The van der Waals surface area contributed by atoms with Gasteiger partial charge in [0, 0.05) is 24.1 Å². The second-order valence-corrected chi connectivity index (χ2v) is 6.15. The quantitative estimate of drug-likeness (QED) is 0.816. The van der Waals surface area contributed by atoms with Crippen LogP contribution in [0.3, 0.4) is 0 Å². The zero-order valence-electron chi connectivity index (χ0n) is 13.5. The molecule has 130 valence electrons. The molecular weight excluding hydrogens is 339 g/mol. The van der Waals surface area contributed by atoms with E-state index in [0.717, 1.165) is 25.9 Å². The molecule has 1 saturated heterocycles. The Morgan fingerprint density at radius 1 is 1.35 bits per heavy atom. The standard InChI is InChI=1S/C16H23ClN2O3.ClH/c1-21-11-16(5-7-18-8-6-16)10-19-15(20)13-9-12(17)3-4-14(13)22-2;/h3-4,9,18H,5-8,10-11H2,1-2H3,(H,19,20);1H. The first-order valence-electron chi connectivity index (χ1n) is 7.42. The highest BCUT2D eigenvalue weighted by Gasteiger charge is 2.32. The number of carbonyl (C=O) groups is 1. The zero-order chi connectivity index (χ0) is 16.0. The van der Waals surface area contributed by atoms with Crippen molar-refractivity contribution in [2.24, 2.45) is 5.41 Å². The van der Waals surface area contributed by atoms with Crippen LogP contribution in [0, 0.1) is 5.41 Å². The van der Waals surface area contributed by atoms with Gasteiger partial charge in [-0.3, -0.25) is 4.79 Å². The van der Waals surface area contributed by atoms with Crippen LogP contribution in [0.5, 0.6) is 5.75 Å². The Hall–Kier alpha value is -1.01. The van der Waals surface area contributed by atoms with Gasteiger partial charge in [0.1, 0.15) is 5.75 Å². The maximum absolute atomic E-state index is 12.5. The molecule has 0 unspecified atom stereocenters. The van der Waals surface area contributed by atoms with Gasteiger partial charge in [0.15, 0.2) is 0 Å². The summed E-state index contributed by atoms with van der Waals surface area (Å²) in [6.07, 6.45) is 1.96. The Morgan fingerprint density at radius 3 is 2.65 bits per heavy atom. The third-order valence-corrected chi connectivity index (χ3v) is 4.38. The van der Waals surface area contributed by atoms with E-state index in [-0.39, 0.29) is 23.7 Å². The molecule has 0 bridgehead atoms. The number of nitrogens with one attached hydrogen (secondary N) is 2.